The lowest BCUT2D eigenvalue weighted by Gasteiger charge is -2.28. The summed E-state index contributed by atoms with van der Waals surface area (Å²) >= 11 is 0. The highest BCUT2D eigenvalue weighted by Gasteiger charge is 2.22. The summed E-state index contributed by atoms with van der Waals surface area (Å²) in [6.07, 6.45) is 1.94. The van der Waals surface area contributed by atoms with Gasteiger partial charge in [0.1, 0.15) is 6.61 Å². The third-order valence-electron chi connectivity index (χ3n) is 2.56. The Bertz CT molecular complexity index is 236. The second-order valence-electron chi connectivity index (χ2n) is 3.72. The molecule has 0 radical (unpaired) electrons. The molecule has 1 aliphatic rings. The second kappa shape index (κ2) is 5.55. The van der Waals surface area contributed by atoms with Crippen LogP contribution in [0.1, 0.15) is 25.7 Å². The van der Waals surface area contributed by atoms with E-state index in [2.05, 4.69) is 10.6 Å². The first-order valence-corrected chi connectivity index (χ1v) is 5.01. The van der Waals surface area contributed by atoms with E-state index in [9.17, 15) is 9.59 Å². The minimum absolute atomic E-state index is 0.00946. The van der Waals surface area contributed by atoms with Crippen LogP contribution >= 0.6 is 0 Å². The summed E-state index contributed by atoms with van der Waals surface area (Å²) < 4.78 is 0. The summed E-state index contributed by atoms with van der Waals surface area (Å²) in [6.45, 7) is -0.493. The standard InChI is InChI=1S/C9H16N2O4/c12-5-8(13)10-6-1-3-7(4-2-6)11-9(14)15/h6-7,11-12H,1-5H2,(H,10,13)(H,14,15). The quantitative estimate of drug-likeness (QED) is 0.519. The molecule has 1 rings (SSSR count). The van der Waals surface area contributed by atoms with E-state index < -0.39 is 12.7 Å². The monoisotopic (exact) mass is 216 g/mol. The Morgan fingerprint density at radius 1 is 1.07 bits per heavy atom. The molecule has 0 atom stereocenters. The first-order valence-electron chi connectivity index (χ1n) is 5.01. The molecule has 6 nitrogen and oxygen atoms in total. The largest absolute Gasteiger partial charge is 0.465 e. The van der Waals surface area contributed by atoms with Crippen LogP contribution < -0.4 is 10.6 Å². The second-order valence-corrected chi connectivity index (χ2v) is 3.72. The summed E-state index contributed by atoms with van der Waals surface area (Å²) in [6, 6.07) is 0.0567. The molecule has 0 aromatic carbocycles. The minimum atomic E-state index is -1.00. The van der Waals surface area contributed by atoms with Crippen molar-refractivity contribution in [2.45, 2.75) is 37.8 Å². The lowest BCUT2D eigenvalue weighted by atomic mass is 9.91. The van der Waals surface area contributed by atoms with Crippen LogP contribution in [0.25, 0.3) is 0 Å². The number of carbonyl (C=O) groups excluding carboxylic acids is 1. The van der Waals surface area contributed by atoms with E-state index in [1.54, 1.807) is 0 Å². The SMILES string of the molecule is O=C(O)NC1CCC(NC(=O)CO)CC1. The van der Waals surface area contributed by atoms with Crippen molar-refractivity contribution in [2.24, 2.45) is 0 Å². The molecule has 0 aromatic rings. The Hall–Kier alpha value is -1.30. The zero-order valence-corrected chi connectivity index (χ0v) is 8.40. The van der Waals surface area contributed by atoms with Crippen molar-refractivity contribution in [3.05, 3.63) is 0 Å². The van der Waals surface area contributed by atoms with Crippen molar-refractivity contribution < 1.29 is 19.8 Å². The predicted molar refractivity (Wildman–Crippen MR) is 52.4 cm³/mol. The normalized spacial score (nSPS) is 25.7. The molecule has 1 saturated carbocycles. The van der Waals surface area contributed by atoms with Gasteiger partial charge in [0.25, 0.3) is 0 Å². The van der Waals surface area contributed by atoms with Gasteiger partial charge < -0.3 is 20.8 Å². The van der Waals surface area contributed by atoms with E-state index in [1.807, 2.05) is 0 Å². The Morgan fingerprint density at radius 3 is 1.93 bits per heavy atom. The van der Waals surface area contributed by atoms with Crippen molar-refractivity contribution in [3.63, 3.8) is 0 Å². The van der Waals surface area contributed by atoms with Crippen molar-refractivity contribution in [1.82, 2.24) is 10.6 Å². The van der Waals surface area contributed by atoms with E-state index in [1.165, 1.54) is 0 Å². The number of amides is 2. The van der Waals surface area contributed by atoms with E-state index in [0.717, 1.165) is 25.7 Å². The van der Waals surface area contributed by atoms with Crippen molar-refractivity contribution in [1.29, 1.82) is 0 Å². The van der Waals surface area contributed by atoms with Crippen LogP contribution in [0, 0.1) is 0 Å². The average Bonchev–Trinajstić information content (AvgIpc) is 2.20. The fourth-order valence-electron chi connectivity index (χ4n) is 1.83. The summed E-state index contributed by atoms with van der Waals surface area (Å²) in [5.74, 6) is -0.371. The average molecular weight is 216 g/mol. The van der Waals surface area contributed by atoms with Crippen molar-refractivity contribution in [2.75, 3.05) is 6.61 Å². The molecule has 4 N–H and O–H groups in total. The molecule has 1 fully saturated rings. The van der Waals surface area contributed by atoms with E-state index >= 15 is 0 Å². The van der Waals surface area contributed by atoms with Gasteiger partial charge in [-0.3, -0.25) is 4.79 Å². The van der Waals surface area contributed by atoms with Crippen LogP contribution in [0.3, 0.4) is 0 Å². The number of hydrogen-bond acceptors (Lipinski definition) is 3. The summed E-state index contributed by atoms with van der Waals surface area (Å²) in [4.78, 5) is 21.2. The fourth-order valence-corrected chi connectivity index (χ4v) is 1.83. The number of aliphatic hydroxyl groups excluding tert-OH is 1. The maximum Gasteiger partial charge on any atom is 0.404 e. The van der Waals surface area contributed by atoms with Gasteiger partial charge in [-0.05, 0) is 25.7 Å². The van der Waals surface area contributed by atoms with E-state index in [0.29, 0.717) is 0 Å². The number of hydrogen-bond donors (Lipinski definition) is 4. The Balaban J connectivity index is 2.23. The van der Waals surface area contributed by atoms with Gasteiger partial charge in [-0.15, -0.1) is 0 Å². The van der Waals surface area contributed by atoms with Gasteiger partial charge in [-0.1, -0.05) is 0 Å². The molecule has 0 aromatic heterocycles. The molecular weight excluding hydrogens is 200 g/mol. The highest BCUT2D eigenvalue weighted by atomic mass is 16.4. The molecule has 2 amide bonds. The molecule has 6 heteroatoms. The van der Waals surface area contributed by atoms with Crippen LogP contribution in [0.5, 0.6) is 0 Å². The maximum absolute atomic E-state index is 10.9. The predicted octanol–water partition coefficient (Wildman–Crippen LogP) is -0.326. The zero-order chi connectivity index (χ0) is 11.3. The molecule has 0 heterocycles. The van der Waals surface area contributed by atoms with Crippen LogP contribution in [-0.4, -0.2) is 40.9 Å². The van der Waals surface area contributed by atoms with Crippen LogP contribution in [0.4, 0.5) is 4.79 Å². The summed E-state index contributed by atoms with van der Waals surface area (Å²) in [7, 11) is 0. The molecular formula is C9H16N2O4. The first kappa shape index (κ1) is 11.8. The number of aliphatic hydroxyl groups is 1. The van der Waals surface area contributed by atoms with Crippen LogP contribution in [-0.2, 0) is 4.79 Å². The van der Waals surface area contributed by atoms with Gasteiger partial charge in [-0.25, -0.2) is 4.79 Å². The number of carboxylic acid groups (broad SMARTS) is 1. The highest BCUT2D eigenvalue weighted by molar-refractivity contribution is 5.77. The summed E-state index contributed by atoms with van der Waals surface area (Å²) in [5.41, 5.74) is 0. The van der Waals surface area contributed by atoms with Crippen LogP contribution in [0.15, 0.2) is 0 Å². The third-order valence-corrected chi connectivity index (χ3v) is 2.56. The van der Waals surface area contributed by atoms with Gasteiger partial charge >= 0.3 is 6.09 Å². The summed E-state index contributed by atoms with van der Waals surface area (Å²) in [5, 5.41) is 22.1. The smallest absolute Gasteiger partial charge is 0.404 e. The van der Waals surface area contributed by atoms with Gasteiger partial charge in [0.2, 0.25) is 5.91 Å². The Morgan fingerprint density at radius 2 is 1.53 bits per heavy atom. The van der Waals surface area contributed by atoms with Gasteiger partial charge in [-0.2, -0.15) is 0 Å². The highest BCUT2D eigenvalue weighted by Crippen LogP contribution is 2.18. The molecule has 0 spiro atoms. The molecule has 1 aliphatic carbocycles. The van der Waals surface area contributed by atoms with Gasteiger partial charge in [0, 0.05) is 12.1 Å². The van der Waals surface area contributed by atoms with Gasteiger partial charge in [0.05, 0.1) is 0 Å². The lowest BCUT2D eigenvalue weighted by molar-refractivity contribution is -0.124. The first-order chi connectivity index (χ1) is 7.11. The van der Waals surface area contributed by atoms with E-state index in [-0.39, 0.29) is 18.0 Å². The van der Waals surface area contributed by atoms with Gasteiger partial charge in [0.15, 0.2) is 0 Å². The number of carbonyl (C=O) groups is 2. The Labute approximate surface area is 87.7 Å². The lowest BCUT2D eigenvalue weighted by Crippen LogP contribution is -2.44. The zero-order valence-electron chi connectivity index (χ0n) is 8.40. The van der Waals surface area contributed by atoms with Crippen LogP contribution in [0.2, 0.25) is 0 Å². The molecule has 86 valence electrons. The molecule has 0 saturated heterocycles. The topological polar surface area (TPSA) is 98.7 Å². The third kappa shape index (κ3) is 4.16. The van der Waals surface area contributed by atoms with Crippen molar-refractivity contribution in [3.8, 4) is 0 Å². The van der Waals surface area contributed by atoms with Crippen molar-refractivity contribution >= 4 is 12.0 Å². The molecule has 0 aliphatic heterocycles. The number of nitrogens with one attached hydrogen (secondary N) is 2. The molecule has 0 unspecified atom stereocenters. The minimum Gasteiger partial charge on any atom is -0.465 e. The fraction of sp³-hybridized carbons (Fsp3) is 0.778. The van der Waals surface area contributed by atoms with E-state index in [4.69, 9.17) is 10.2 Å². The molecule has 0 bridgehead atoms. The molecule has 15 heavy (non-hydrogen) atoms. The maximum atomic E-state index is 10.9. The number of rotatable bonds is 3. The Kier molecular flexibility index (Phi) is 4.36.